The lowest BCUT2D eigenvalue weighted by atomic mass is 9.82. The number of hydrogen-bond donors (Lipinski definition) is 0. The summed E-state index contributed by atoms with van der Waals surface area (Å²) in [4.78, 5) is 13.8. The van der Waals surface area contributed by atoms with Crippen molar-refractivity contribution in [3.05, 3.63) is 71.8 Å². The molecule has 0 radical (unpaired) electrons. The van der Waals surface area contributed by atoms with Crippen molar-refractivity contribution in [1.29, 1.82) is 0 Å². The van der Waals surface area contributed by atoms with Gasteiger partial charge in [0.25, 0.3) is 5.17 Å². The van der Waals surface area contributed by atoms with Gasteiger partial charge in [-0.25, -0.2) is 0 Å². The molecule has 3 rings (SSSR count). The molecule has 106 valence electrons. The van der Waals surface area contributed by atoms with Crippen molar-refractivity contribution in [1.82, 2.24) is 4.90 Å². The van der Waals surface area contributed by atoms with Gasteiger partial charge in [-0.1, -0.05) is 60.7 Å². The summed E-state index contributed by atoms with van der Waals surface area (Å²) in [6, 6.07) is 19.7. The van der Waals surface area contributed by atoms with Crippen LogP contribution in [0, 0.1) is 0 Å². The Morgan fingerprint density at radius 2 is 1.52 bits per heavy atom. The summed E-state index contributed by atoms with van der Waals surface area (Å²) in [5.74, 6) is -0.120. The summed E-state index contributed by atoms with van der Waals surface area (Å²) in [5.41, 5.74) is 1.29. The molecule has 0 atom stereocenters. The van der Waals surface area contributed by atoms with Crippen molar-refractivity contribution in [3.8, 4) is 0 Å². The molecule has 0 spiro atoms. The highest BCUT2D eigenvalue weighted by Crippen LogP contribution is 2.41. The standard InChI is InChI=1S/C17H15NO2S/c1-13(19)18-16(21)20-12-17(18,14-8-4-2-5-9-14)15-10-6-3-7-11-15/h2-11H,12H2,1H3. The molecular formula is C17H15NO2S. The second-order valence-corrected chi connectivity index (χ2v) is 5.35. The first-order valence-electron chi connectivity index (χ1n) is 6.75. The van der Waals surface area contributed by atoms with Crippen LogP contribution in [0.3, 0.4) is 0 Å². The molecule has 1 fully saturated rings. The van der Waals surface area contributed by atoms with E-state index < -0.39 is 5.54 Å². The van der Waals surface area contributed by atoms with Gasteiger partial charge in [0.05, 0.1) is 0 Å². The molecule has 2 aromatic rings. The first kappa shape index (κ1) is 13.8. The number of thiocarbonyl (C=S) groups is 1. The molecule has 1 heterocycles. The van der Waals surface area contributed by atoms with E-state index in [1.54, 1.807) is 4.90 Å². The molecule has 0 unspecified atom stereocenters. The van der Waals surface area contributed by atoms with Crippen molar-refractivity contribution in [2.24, 2.45) is 0 Å². The molecule has 0 bridgehead atoms. The van der Waals surface area contributed by atoms with E-state index >= 15 is 0 Å². The summed E-state index contributed by atoms with van der Waals surface area (Å²) in [5, 5.41) is 0.232. The molecule has 21 heavy (non-hydrogen) atoms. The van der Waals surface area contributed by atoms with Crippen molar-refractivity contribution >= 4 is 23.3 Å². The van der Waals surface area contributed by atoms with Crippen LogP contribution in [-0.2, 0) is 15.1 Å². The minimum absolute atomic E-state index is 0.120. The Hall–Kier alpha value is -2.20. The molecule has 0 aromatic heterocycles. The van der Waals surface area contributed by atoms with Crippen LogP contribution in [0.15, 0.2) is 60.7 Å². The molecule has 1 amide bonds. The molecule has 0 saturated carbocycles. The largest absolute Gasteiger partial charge is 0.467 e. The van der Waals surface area contributed by atoms with Gasteiger partial charge in [-0.3, -0.25) is 9.69 Å². The SMILES string of the molecule is CC(=O)N1C(=S)OCC1(c1ccccc1)c1ccccc1. The van der Waals surface area contributed by atoms with Gasteiger partial charge in [0.1, 0.15) is 12.1 Å². The highest BCUT2D eigenvalue weighted by atomic mass is 32.1. The van der Waals surface area contributed by atoms with Gasteiger partial charge in [-0.15, -0.1) is 0 Å². The van der Waals surface area contributed by atoms with Gasteiger partial charge in [-0.05, 0) is 23.3 Å². The Bertz CT molecular complexity index is 630. The number of ether oxygens (including phenoxy) is 1. The fourth-order valence-electron chi connectivity index (χ4n) is 2.87. The predicted octanol–water partition coefficient (Wildman–Crippen LogP) is 3.09. The third-order valence-corrected chi connectivity index (χ3v) is 4.09. The lowest BCUT2D eigenvalue weighted by Gasteiger charge is -2.35. The summed E-state index contributed by atoms with van der Waals surface area (Å²) < 4.78 is 5.59. The first-order valence-corrected chi connectivity index (χ1v) is 7.16. The van der Waals surface area contributed by atoms with E-state index in [-0.39, 0.29) is 11.1 Å². The van der Waals surface area contributed by atoms with Crippen LogP contribution in [0.4, 0.5) is 0 Å². The summed E-state index contributed by atoms with van der Waals surface area (Å²) >= 11 is 5.25. The number of amides is 1. The van der Waals surface area contributed by atoms with Gasteiger partial charge >= 0.3 is 0 Å². The minimum atomic E-state index is -0.689. The molecular weight excluding hydrogens is 282 g/mol. The zero-order valence-electron chi connectivity index (χ0n) is 11.7. The predicted molar refractivity (Wildman–Crippen MR) is 84.7 cm³/mol. The second-order valence-electron chi connectivity index (χ2n) is 5.00. The quantitative estimate of drug-likeness (QED) is 0.798. The summed E-state index contributed by atoms with van der Waals surface area (Å²) in [6.45, 7) is 1.85. The lowest BCUT2D eigenvalue weighted by molar-refractivity contribution is -0.127. The number of nitrogens with zero attached hydrogens (tertiary/aromatic N) is 1. The normalized spacial score (nSPS) is 16.6. The number of carbonyl (C=O) groups excluding carboxylic acids is 1. The minimum Gasteiger partial charge on any atom is -0.467 e. The van der Waals surface area contributed by atoms with Crippen LogP contribution in [0.2, 0.25) is 0 Å². The van der Waals surface area contributed by atoms with Crippen LogP contribution < -0.4 is 0 Å². The Morgan fingerprint density at radius 3 is 1.95 bits per heavy atom. The van der Waals surface area contributed by atoms with E-state index in [1.165, 1.54) is 6.92 Å². The van der Waals surface area contributed by atoms with Crippen molar-refractivity contribution in [3.63, 3.8) is 0 Å². The first-order chi connectivity index (χ1) is 10.2. The van der Waals surface area contributed by atoms with Crippen LogP contribution in [0.5, 0.6) is 0 Å². The maximum Gasteiger partial charge on any atom is 0.267 e. The topological polar surface area (TPSA) is 29.5 Å². The second kappa shape index (κ2) is 5.30. The number of hydrogen-bond acceptors (Lipinski definition) is 3. The van der Waals surface area contributed by atoms with Crippen LogP contribution in [0.25, 0.3) is 0 Å². The maximum absolute atomic E-state index is 12.2. The third-order valence-electron chi connectivity index (χ3n) is 3.79. The number of rotatable bonds is 2. The Labute approximate surface area is 129 Å². The average Bonchev–Trinajstić information content (AvgIpc) is 2.88. The number of carbonyl (C=O) groups is 1. The number of benzene rings is 2. The van der Waals surface area contributed by atoms with E-state index in [1.807, 2.05) is 60.7 Å². The highest BCUT2D eigenvalue weighted by molar-refractivity contribution is 7.80. The molecule has 1 saturated heterocycles. The molecule has 1 aliphatic heterocycles. The Morgan fingerprint density at radius 1 is 1.05 bits per heavy atom. The molecule has 4 heteroatoms. The fraction of sp³-hybridized carbons (Fsp3) is 0.176. The lowest BCUT2D eigenvalue weighted by Crippen LogP contribution is -2.48. The van der Waals surface area contributed by atoms with Gasteiger partial charge < -0.3 is 4.74 Å². The van der Waals surface area contributed by atoms with E-state index in [0.29, 0.717) is 6.61 Å². The van der Waals surface area contributed by atoms with E-state index in [4.69, 9.17) is 17.0 Å². The summed E-state index contributed by atoms with van der Waals surface area (Å²) in [6.07, 6.45) is 0. The van der Waals surface area contributed by atoms with Gasteiger partial charge in [0, 0.05) is 6.92 Å². The Balaban J connectivity index is 2.26. The average molecular weight is 297 g/mol. The van der Waals surface area contributed by atoms with Gasteiger partial charge in [0.2, 0.25) is 5.91 Å². The van der Waals surface area contributed by atoms with Gasteiger partial charge in [0.15, 0.2) is 0 Å². The zero-order chi connectivity index (χ0) is 14.9. The van der Waals surface area contributed by atoms with Crippen LogP contribution in [0.1, 0.15) is 18.1 Å². The summed E-state index contributed by atoms with van der Waals surface area (Å²) in [7, 11) is 0. The van der Waals surface area contributed by atoms with E-state index in [0.717, 1.165) is 11.1 Å². The van der Waals surface area contributed by atoms with E-state index in [9.17, 15) is 4.79 Å². The molecule has 1 aliphatic rings. The van der Waals surface area contributed by atoms with Crippen molar-refractivity contribution in [2.45, 2.75) is 12.5 Å². The van der Waals surface area contributed by atoms with E-state index in [2.05, 4.69) is 0 Å². The Kier molecular flexibility index (Phi) is 3.47. The smallest absolute Gasteiger partial charge is 0.267 e. The highest BCUT2D eigenvalue weighted by Gasteiger charge is 2.50. The van der Waals surface area contributed by atoms with Crippen LogP contribution >= 0.6 is 12.2 Å². The zero-order valence-corrected chi connectivity index (χ0v) is 12.5. The van der Waals surface area contributed by atoms with Crippen molar-refractivity contribution < 1.29 is 9.53 Å². The van der Waals surface area contributed by atoms with Gasteiger partial charge in [-0.2, -0.15) is 0 Å². The fourth-order valence-corrected chi connectivity index (χ4v) is 3.21. The monoisotopic (exact) mass is 297 g/mol. The molecule has 0 aliphatic carbocycles. The molecule has 0 N–H and O–H groups in total. The maximum atomic E-state index is 12.2. The third kappa shape index (κ3) is 2.12. The van der Waals surface area contributed by atoms with Crippen LogP contribution in [-0.4, -0.2) is 22.6 Å². The molecule has 3 nitrogen and oxygen atoms in total. The van der Waals surface area contributed by atoms with Crippen molar-refractivity contribution in [2.75, 3.05) is 6.61 Å². The molecule has 2 aromatic carbocycles.